The smallest absolute Gasteiger partial charge is 0.341 e. The van der Waals surface area contributed by atoms with E-state index in [-0.39, 0.29) is 17.0 Å². The van der Waals surface area contributed by atoms with Crippen LogP contribution >= 0.6 is 0 Å². The van der Waals surface area contributed by atoms with Crippen LogP contribution in [0.4, 0.5) is 13.2 Å². The lowest BCUT2D eigenvalue weighted by Gasteiger charge is -2.26. The molecule has 17 heavy (non-hydrogen) atoms. The average molecular weight is 243 g/mol. The number of amides is 1. The molecule has 0 aromatic heterocycles. The number of carbonyl (C=O) groups is 1. The minimum Gasteiger partial charge on any atom is -0.341 e. The second-order valence-corrected chi connectivity index (χ2v) is 4.30. The molecule has 1 aromatic carbocycles. The normalized spacial score (nSPS) is 16.1. The van der Waals surface area contributed by atoms with Crippen LogP contribution in [0.5, 0.6) is 0 Å². The predicted molar refractivity (Wildman–Crippen MR) is 56.8 cm³/mol. The van der Waals surface area contributed by atoms with E-state index >= 15 is 0 Å². The molecule has 92 valence electrons. The van der Waals surface area contributed by atoms with Crippen molar-refractivity contribution in [3.8, 4) is 0 Å². The van der Waals surface area contributed by atoms with Gasteiger partial charge in [0.15, 0.2) is 0 Å². The number of aryl methyl sites for hydroxylation is 1. The van der Waals surface area contributed by atoms with Gasteiger partial charge in [0.25, 0.3) is 5.91 Å². The molecule has 0 aliphatic carbocycles. The Morgan fingerprint density at radius 2 is 1.94 bits per heavy atom. The van der Waals surface area contributed by atoms with Gasteiger partial charge in [-0.25, -0.2) is 0 Å². The van der Waals surface area contributed by atoms with Gasteiger partial charge in [-0.2, -0.15) is 13.2 Å². The van der Waals surface area contributed by atoms with Crippen LogP contribution in [-0.4, -0.2) is 24.4 Å². The summed E-state index contributed by atoms with van der Waals surface area (Å²) in [5, 5.41) is 0. The molecule has 0 fully saturated rings. The van der Waals surface area contributed by atoms with Gasteiger partial charge < -0.3 is 4.90 Å². The number of benzene rings is 1. The molecule has 0 unspecified atom stereocenters. The van der Waals surface area contributed by atoms with Crippen molar-refractivity contribution in [2.45, 2.75) is 19.5 Å². The molecule has 0 radical (unpaired) electrons. The fourth-order valence-corrected chi connectivity index (χ4v) is 2.07. The SMILES string of the molecule is Cc1cc2c(cc1C(F)(F)F)C(=O)N(C)CC2. The second-order valence-electron chi connectivity index (χ2n) is 4.30. The third-order valence-electron chi connectivity index (χ3n) is 3.05. The van der Waals surface area contributed by atoms with Gasteiger partial charge in [-0.05, 0) is 30.5 Å². The van der Waals surface area contributed by atoms with Gasteiger partial charge in [-0.15, -0.1) is 0 Å². The molecule has 0 saturated heterocycles. The monoisotopic (exact) mass is 243 g/mol. The van der Waals surface area contributed by atoms with Crippen molar-refractivity contribution in [2.24, 2.45) is 0 Å². The van der Waals surface area contributed by atoms with Crippen LogP contribution in [0.2, 0.25) is 0 Å². The van der Waals surface area contributed by atoms with Crippen LogP contribution in [0, 0.1) is 6.92 Å². The minimum atomic E-state index is -4.41. The van der Waals surface area contributed by atoms with E-state index in [9.17, 15) is 18.0 Å². The highest BCUT2D eigenvalue weighted by Crippen LogP contribution is 2.34. The van der Waals surface area contributed by atoms with Gasteiger partial charge in [-0.3, -0.25) is 4.79 Å². The summed E-state index contributed by atoms with van der Waals surface area (Å²) in [6, 6.07) is 2.45. The topological polar surface area (TPSA) is 20.3 Å². The van der Waals surface area contributed by atoms with Crippen molar-refractivity contribution in [1.29, 1.82) is 0 Å². The summed E-state index contributed by atoms with van der Waals surface area (Å²) >= 11 is 0. The van der Waals surface area contributed by atoms with E-state index in [4.69, 9.17) is 0 Å². The van der Waals surface area contributed by atoms with Crippen molar-refractivity contribution in [3.05, 3.63) is 34.4 Å². The Morgan fingerprint density at radius 1 is 1.29 bits per heavy atom. The van der Waals surface area contributed by atoms with E-state index in [2.05, 4.69) is 0 Å². The van der Waals surface area contributed by atoms with Gasteiger partial charge >= 0.3 is 6.18 Å². The molecule has 0 spiro atoms. The lowest BCUT2D eigenvalue weighted by atomic mass is 9.93. The van der Waals surface area contributed by atoms with E-state index < -0.39 is 11.7 Å². The number of fused-ring (bicyclic) bond motifs is 1. The molecule has 0 bridgehead atoms. The number of nitrogens with zero attached hydrogens (tertiary/aromatic N) is 1. The number of hydrogen-bond donors (Lipinski definition) is 0. The molecule has 0 N–H and O–H groups in total. The molecule has 0 atom stereocenters. The van der Waals surface area contributed by atoms with Gasteiger partial charge in [-0.1, -0.05) is 6.07 Å². The lowest BCUT2D eigenvalue weighted by Crippen LogP contribution is -2.34. The summed E-state index contributed by atoms with van der Waals surface area (Å²) < 4.78 is 38.2. The molecule has 1 heterocycles. The second kappa shape index (κ2) is 3.75. The molecule has 1 aliphatic heterocycles. The van der Waals surface area contributed by atoms with Crippen LogP contribution in [0.15, 0.2) is 12.1 Å². The average Bonchev–Trinajstić information content (AvgIpc) is 2.21. The standard InChI is InChI=1S/C12H12F3NO/c1-7-5-8-3-4-16(2)11(17)9(8)6-10(7)12(13,14)15/h5-6H,3-4H2,1-2H3. The summed E-state index contributed by atoms with van der Waals surface area (Å²) in [6.07, 6.45) is -3.80. The first-order valence-corrected chi connectivity index (χ1v) is 5.27. The van der Waals surface area contributed by atoms with E-state index in [0.717, 1.165) is 6.07 Å². The van der Waals surface area contributed by atoms with E-state index in [0.29, 0.717) is 18.5 Å². The van der Waals surface area contributed by atoms with Gasteiger partial charge in [0, 0.05) is 19.2 Å². The highest BCUT2D eigenvalue weighted by atomic mass is 19.4. The maximum absolute atomic E-state index is 12.7. The van der Waals surface area contributed by atoms with Crippen molar-refractivity contribution in [2.75, 3.05) is 13.6 Å². The Hall–Kier alpha value is -1.52. The molecule has 2 nitrogen and oxygen atoms in total. The largest absolute Gasteiger partial charge is 0.416 e. The zero-order valence-corrected chi connectivity index (χ0v) is 9.56. The Bertz CT molecular complexity index is 479. The first kappa shape index (κ1) is 12.0. The number of halogens is 3. The summed E-state index contributed by atoms with van der Waals surface area (Å²) in [5.41, 5.74) is 0.337. The lowest BCUT2D eigenvalue weighted by molar-refractivity contribution is -0.138. The van der Waals surface area contributed by atoms with Gasteiger partial charge in [0.05, 0.1) is 5.56 Å². The zero-order chi connectivity index (χ0) is 12.8. The molecule has 1 aromatic rings. The molecule has 0 saturated carbocycles. The number of likely N-dealkylation sites (N-methyl/N-ethyl adjacent to an activating group) is 1. The summed E-state index contributed by atoms with van der Waals surface area (Å²) in [6.45, 7) is 1.97. The van der Waals surface area contributed by atoms with E-state index in [1.807, 2.05) is 0 Å². The molecule has 1 aliphatic rings. The van der Waals surface area contributed by atoms with Crippen LogP contribution in [-0.2, 0) is 12.6 Å². The maximum Gasteiger partial charge on any atom is 0.416 e. The molecule has 2 rings (SSSR count). The number of hydrogen-bond acceptors (Lipinski definition) is 1. The Kier molecular flexibility index (Phi) is 2.64. The molecular formula is C12H12F3NO. The van der Waals surface area contributed by atoms with Crippen LogP contribution in [0.3, 0.4) is 0 Å². The van der Waals surface area contributed by atoms with Gasteiger partial charge in [0.1, 0.15) is 0 Å². The third kappa shape index (κ3) is 2.01. The van der Waals surface area contributed by atoms with Crippen LogP contribution in [0.25, 0.3) is 0 Å². The highest BCUT2D eigenvalue weighted by Gasteiger charge is 2.34. The Labute approximate surface area is 97.0 Å². The maximum atomic E-state index is 12.7. The highest BCUT2D eigenvalue weighted by molar-refractivity contribution is 5.97. The van der Waals surface area contributed by atoms with Crippen molar-refractivity contribution in [1.82, 2.24) is 4.90 Å². The number of alkyl halides is 3. The molecule has 5 heteroatoms. The van der Waals surface area contributed by atoms with Crippen LogP contribution in [0.1, 0.15) is 27.0 Å². The van der Waals surface area contributed by atoms with E-state index in [1.165, 1.54) is 17.9 Å². The third-order valence-corrected chi connectivity index (χ3v) is 3.05. The predicted octanol–water partition coefficient (Wildman–Crippen LogP) is 2.64. The Balaban J connectivity index is 2.58. The number of carbonyl (C=O) groups excluding carboxylic acids is 1. The Morgan fingerprint density at radius 3 is 2.53 bits per heavy atom. The minimum absolute atomic E-state index is 0.175. The molecule has 1 amide bonds. The van der Waals surface area contributed by atoms with Crippen molar-refractivity contribution in [3.63, 3.8) is 0 Å². The van der Waals surface area contributed by atoms with Crippen molar-refractivity contribution < 1.29 is 18.0 Å². The summed E-state index contributed by atoms with van der Waals surface area (Å²) in [7, 11) is 1.60. The van der Waals surface area contributed by atoms with Crippen LogP contribution < -0.4 is 0 Å². The first-order valence-electron chi connectivity index (χ1n) is 5.27. The fourth-order valence-electron chi connectivity index (χ4n) is 2.07. The number of rotatable bonds is 0. The quantitative estimate of drug-likeness (QED) is 0.686. The van der Waals surface area contributed by atoms with Crippen molar-refractivity contribution >= 4 is 5.91 Å². The summed E-state index contributed by atoms with van der Waals surface area (Å²) in [4.78, 5) is 13.2. The van der Waals surface area contributed by atoms with E-state index in [1.54, 1.807) is 7.05 Å². The van der Waals surface area contributed by atoms with Gasteiger partial charge in [0.2, 0.25) is 0 Å². The fraction of sp³-hybridized carbons (Fsp3) is 0.417. The first-order chi connectivity index (χ1) is 7.80. The molecular weight excluding hydrogens is 231 g/mol. The zero-order valence-electron chi connectivity index (χ0n) is 9.56. The summed E-state index contributed by atoms with van der Waals surface area (Å²) in [5.74, 6) is -0.336.